The molecule has 1 aromatic heterocycles. The molecule has 0 saturated carbocycles. The van der Waals surface area contributed by atoms with Crippen LogP contribution in [0.15, 0.2) is 42.5 Å². The molecular formula is C18H17N3O2S. The van der Waals surface area contributed by atoms with Crippen LogP contribution >= 0.6 is 11.3 Å². The van der Waals surface area contributed by atoms with Crippen LogP contribution in [0.4, 0.5) is 5.13 Å². The molecule has 2 N–H and O–H groups in total. The van der Waals surface area contributed by atoms with Gasteiger partial charge in [-0.2, -0.15) is 0 Å². The Balaban J connectivity index is 1.59. The average molecular weight is 339 g/mol. The molecule has 0 aliphatic rings. The van der Waals surface area contributed by atoms with Crippen LogP contribution in [0.1, 0.15) is 21.5 Å². The van der Waals surface area contributed by atoms with Gasteiger partial charge in [0.1, 0.15) is 0 Å². The zero-order valence-electron chi connectivity index (χ0n) is 13.4. The lowest BCUT2D eigenvalue weighted by Crippen LogP contribution is -2.32. The standard InChI is InChI=1S/C18H17N3O2S/c1-11-4-3-5-13(8-11)17(23)19-10-16(22)21-18-20-14-7-6-12(2)9-15(14)24-18/h3-9H,10H2,1-2H3,(H,19,23)(H,20,21,22). The van der Waals surface area contributed by atoms with Crippen LogP contribution in [0.2, 0.25) is 0 Å². The largest absolute Gasteiger partial charge is 0.343 e. The molecule has 0 spiro atoms. The zero-order valence-corrected chi connectivity index (χ0v) is 14.2. The van der Waals surface area contributed by atoms with E-state index in [0.717, 1.165) is 21.3 Å². The van der Waals surface area contributed by atoms with E-state index in [0.29, 0.717) is 10.7 Å². The summed E-state index contributed by atoms with van der Waals surface area (Å²) < 4.78 is 1.02. The van der Waals surface area contributed by atoms with Crippen molar-refractivity contribution in [2.24, 2.45) is 0 Å². The highest BCUT2D eigenvalue weighted by Gasteiger charge is 2.10. The van der Waals surface area contributed by atoms with E-state index in [2.05, 4.69) is 15.6 Å². The van der Waals surface area contributed by atoms with E-state index in [4.69, 9.17) is 0 Å². The van der Waals surface area contributed by atoms with Crippen LogP contribution in [-0.4, -0.2) is 23.3 Å². The van der Waals surface area contributed by atoms with Crippen molar-refractivity contribution in [3.8, 4) is 0 Å². The lowest BCUT2D eigenvalue weighted by molar-refractivity contribution is -0.115. The summed E-state index contributed by atoms with van der Waals surface area (Å²) in [7, 11) is 0. The van der Waals surface area contributed by atoms with Crippen LogP contribution in [0.5, 0.6) is 0 Å². The van der Waals surface area contributed by atoms with E-state index in [-0.39, 0.29) is 18.4 Å². The van der Waals surface area contributed by atoms with Crippen LogP contribution in [0.25, 0.3) is 10.2 Å². The molecular weight excluding hydrogens is 322 g/mol. The number of benzene rings is 2. The molecule has 0 atom stereocenters. The first kappa shape index (κ1) is 16.1. The van der Waals surface area contributed by atoms with Crippen molar-refractivity contribution in [3.63, 3.8) is 0 Å². The van der Waals surface area contributed by atoms with Gasteiger partial charge >= 0.3 is 0 Å². The summed E-state index contributed by atoms with van der Waals surface area (Å²) in [5, 5.41) is 5.87. The summed E-state index contributed by atoms with van der Waals surface area (Å²) in [5.41, 5.74) is 3.54. The number of amides is 2. The average Bonchev–Trinajstić information content (AvgIpc) is 2.93. The molecule has 0 aliphatic carbocycles. The highest BCUT2D eigenvalue weighted by atomic mass is 32.1. The van der Waals surface area contributed by atoms with E-state index >= 15 is 0 Å². The quantitative estimate of drug-likeness (QED) is 0.766. The van der Waals surface area contributed by atoms with Crippen molar-refractivity contribution in [2.45, 2.75) is 13.8 Å². The highest BCUT2D eigenvalue weighted by Crippen LogP contribution is 2.26. The van der Waals surface area contributed by atoms with Gasteiger partial charge in [-0.15, -0.1) is 0 Å². The molecule has 24 heavy (non-hydrogen) atoms. The molecule has 122 valence electrons. The smallest absolute Gasteiger partial charge is 0.251 e. The van der Waals surface area contributed by atoms with E-state index in [1.807, 2.05) is 44.2 Å². The number of fused-ring (bicyclic) bond motifs is 1. The predicted molar refractivity (Wildman–Crippen MR) is 96.5 cm³/mol. The fourth-order valence-corrected chi connectivity index (χ4v) is 3.28. The minimum atomic E-state index is -0.299. The molecule has 3 aromatic rings. The highest BCUT2D eigenvalue weighted by molar-refractivity contribution is 7.22. The second-order valence-electron chi connectivity index (χ2n) is 5.59. The van der Waals surface area contributed by atoms with Crippen molar-refractivity contribution in [1.82, 2.24) is 10.3 Å². The zero-order chi connectivity index (χ0) is 17.1. The number of thiazole rings is 1. The summed E-state index contributed by atoms with van der Waals surface area (Å²) >= 11 is 1.42. The predicted octanol–water partition coefficient (Wildman–Crippen LogP) is 3.28. The Morgan fingerprint density at radius 3 is 2.67 bits per heavy atom. The Bertz CT molecular complexity index is 918. The number of carbonyl (C=O) groups is 2. The summed E-state index contributed by atoms with van der Waals surface area (Å²) in [4.78, 5) is 28.4. The normalized spacial score (nSPS) is 10.6. The van der Waals surface area contributed by atoms with Crippen LogP contribution in [-0.2, 0) is 4.79 Å². The Morgan fingerprint density at radius 1 is 1.08 bits per heavy atom. The first-order valence-electron chi connectivity index (χ1n) is 7.53. The van der Waals surface area contributed by atoms with Crippen molar-refractivity contribution < 1.29 is 9.59 Å². The molecule has 2 aromatic carbocycles. The molecule has 5 nitrogen and oxygen atoms in total. The number of aryl methyl sites for hydroxylation is 2. The van der Waals surface area contributed by atoms with Gasteiger partial charge in [0.05, 0.1) is 16.8 Å². The fourth-order valence-electron chi connectivity index (χ4n) is 2.30. The third kappa shape index (κ3) is 3.78. The maximum absolute atomic E-state index is 12.0. The van der Waals surface area contributed by atoms with Gasteiger partial charge in [-0.3, -0.25) is 9.59 Å². The number of hydrogen-bond donors (Lipinski definition) is 2. The monoisotopic (exact) mass is 339 g/mol. The summed E-state index contributed by atoms with van der Waals surface area (Å²) in [6.45, 7) is 3.83. The van der Waals surface area contributed by atoms with E-state index < -0.39 is 0 Å². The lowest BCUT2D eigenvalue weighted by Gasteiger charge is -2.05. The summed E-state index contributed by atoms with van der Waals surface area (Å²) in [6, 6.07) is 13.2. The molecule has 0 bridgehead atoms. The van der Waals surface area contributed by atoms with Crippen molar-refractivity contribution in [1.29, 1.82) is 0 Å². The molecule has 0 saturated heterocycles. The minimum Gasteiger partial charge on any atom is -0.343 e. The van der Waals surface area contributed by atoms with E-state index in [9.17, 15) is 9.59 Å². The third-order valence-electron chi connectivity index (χ3n) is 3.48. The first-order chi connectivity index (χ1) is 11.5. The van der Waals surface area contributed by atoms with Crippen molar-refractivity contribution in [2.75, 3.05) is 11.9 Å². The number of anilines is 1. The van der Waals surface area contributed by atoms with Crippen molar-refractivity contribution in [3.05, 3.63) is 59.2 Å². The van der Waals surface area contributed by atoms with Gasteiger partial charge < -0.3 is 10.6 Å². The molecule has 6 heteroatoms. The number of aromatic nitrogens is 1. The van der Waals surface area contributed by atoms with Gasteiger partial charge in [0.2, 0.25) is 5.91 Å². The van der Waals surface area contributed by atoms with E-state index in [1.54, 1.807) is 12.1 Å². The van der Waals surface area contributed by atoms with Crippen LogP contribution in [0, 0.1) is 13.8 Å². The first-order valence-corrected chi connectivity index (χ1v) is 8.35. The van der Waals surface area contributed by atoms with Gasteiger partial charge in [0, 0.05) is 5.56 Å². The summed E-state index contributed by atoms with van der Waals surface area (Å²) in [6.07, 6.45) is 0. The second kappa shape index (κ2) is 6.80. The molecule has 0 unspecified atom stereocenters. The maximum atomic E-state index is 12.0. The lowest BCUT2D eigenvalue weighted by atomic mass is 10.1. The van der Waals surface area contributed by atoms with Gasteiger partial charge in [0.15, 0.2) is 5.13 Å². The molecule has 0 fully saturated rings. The third-order valence-corrected chi connectivity index (χ3v) is 4.41. The Morgan fingerprint density at radius 2 is 1.88 bits per heavy atom. The topological polar surface area (TPSA) is 71.1 Å². The fraction of sp³-hybridized carbons (Fsp3) is 0.167. The number of carbonyl (C=O) groups excluding carboxylic acids is 2. The number of hydrogen-bond acceptors (Lipinski definition) is 4. The van der Waals surface area contributed by atoms with E-state index in [1.165, 1.54) is 11.3 Å². The summed E-state index contributed by atoms with van der Waals surface area (Å²) in [5.74, 6) is -0.569. The van der Waals surface area contributed by atoms with Gasteiger partial charge in [-0.1, -0.05) is 35.1 Å². The van der Waals surface area contributed by atoms with Crippen LogP contribution < -0.4 is 10.6 Å². The van der Waals surface area contributed by atoms with Gasteiger partial charge in [-0.25, -0.2) is 4.98 Å². The number of nitrogens with one attached hydrogen (secondary N) is 2. The Labute approximate surface area is 143 Å². The molecule has 3 rings (SSSR count). The second-order valence-corrected chi connectivity index (χ2v) is 6.62. The molecule has 0 radical (unpaired) electrons. The molecule has 0 aliphatic heterocycles. The van der Waals surface area contributed by atoms with Gasteiger partial charge in [-0.05, 0) is 43.7 Å². The Hall–Kier alpha value is -2.73. The van der Waals surface area contributed by atoms with Crippen LogP contribution in [0.3, 0.4) is 0 Å². The van der Waals surface area contributed by atoms with Gasteiger partial charge in [0.25, 0.3) is 5.91 Å². The minimum absolute atomic E-state index is 0.0955. The number of nitrogens with zero attached hydrogens (tertiary/aromatic N) is 1. The molecule has 1 heterocycles. The molecule has 2 amide bonds. The number of rotatable bonds is 4. The Kier molecular flexibility index (Phi) is 4.57. The maximum Gasteiger partial charge on any atom is 0.251 e. The SMILES string of the molecule is Cc1cccc(C(=O)NCC(=O)Nc2nc3ccc(C)cc3s2)c1. The van der Waals surface area contributed by atoms with Crippen molar-refractivity contribution >= 4 is 38.5 Å².